The minimum absolute atomic E-state index is 0.0239. The summed E-state index contributed by atoms with van der Waals surface area (Å²) < 4.78 is 50.1. The molecule has 0 radical (unpaired) electrons. The highest BCUT2D eigenvalue weighted by atomic mass is 19.4. The standard InChI is InChI=1S/C20H17F3N2O3/c1-27-17-4-2-3-14-19(17)12(11-24-14)9-18(26)25-7-8-28-16-6-5-13(10-15(16)25)20(21,22)23/h2-6,10-11,24H,7-9H2,1H3. The van der Waals surface area contributed by atoms with Crippen LogP contribution in [0.15, 0.2) is 42.6 Å². The largest absolute Gasteiger partial charge is 0.496 e. The number of aromatic amines is 1. The van der Waals surface area contributed by atoms with Gasteiger partial charge in [-0.1, -0.05) is 6.07 Å². The zero-order chi connectivity index (χ0) is 19.9. The lowest BCUT2D eigenvalue weighted by Crippen LogP contribution is -2.39. The lowest BCUT2D eigenvalue weighted by Gasteiger charge is -2.30. The smallest absolute Gasteiger partial charge is 0.416 e. The van der Waals surface area contributed by atoms with Crippen molar-refractivity contribution in [2.45, 2.75) is 12.6 Å². The Morgan fingerprint density at radius 2 is 2.11 bits per heavy atom. The number of ether oxygens (including phenoxy) is 2. The second-order valence-corrected chi connectivity index (χ2v) is 6.45. The molecule has 1 aliphatic heterocycles. The Bertz CT molecular complexity index is 1040. The summed E-state index contributed by atoms with van der Waals surface area (Å²) in [6.07, 6.45) is -2.75. The van der Waals surface area contributed by atoms with E-state index in [1.165, 1.54) is 11.0 Å². The molecule has 4 rings (SSSR count). The molecule has 2 heterocycles. The minimum atomic E-state index is -4.49. The summed E-state index contributed by atoms with van der Waals surface area (Å²) in [5, 5.41) is 0.788. The van der Waals surface area contributed by atoms with E-state index in [0.717, 1.165) is 28.6 Å². The normalized spacial score (nSPS) is 13.9. The molecule has 0 atom stereocenters. The van der Waals surface area contributed by atoms with Crippen molar-refractivity contribution in [1.82, 2.24) is 4.98 Å². The Labute approximate surface area is 158 Å². The summed E-state index contributed by atoms with van der Waals surface area (Å²) in [6.45, 7) is 0.411. The van der Waals surface area contributed by atoms with Crippen molar-refractivity contribution in [2.24, 2.45) is 0 Å². The van der Waals surface area contributed by atoms with Gasteiger partial charge in [0.15, 0.2) is 0 Å². The van der Waals surface area contributed by atoms with E-state index in [4.69, 9.17) is 9.47 Å². The van der Waals surface area contributed by atoms with E-state index in [9.17, 15) is 18.0 Å². The number of carbonyl (C=O) groups is 1. The summed E-state index contributed by atoms with van der Waals surface area (Å²) in [6, 6.07) is 8.67. The van der Waals surface area contributed by atoms with Crippen LogP contribution in [0.3, 0.4) is 0 Å². The topological polar surface area (TPSA) is 54.6 Å². The number of rotatable bonds is 3. The van der Waals surface area contributed by atoms with Crippen molar-refractivity contribution in [3.63, 3.8) is 0 Å². The van der Waals surface area contributed by atoms with Crippen LogP contribution in [-0.2, 0) is 17.4 Å². The number of fused-ring (bicyclic) bond motifs is 2. The Morgan fingerprint density at radius 3 is 2.86 bits per heavy atom. The number of carbonyl (C=O) groups excluding carboxylic acids is 1. The van der Waals surface area contributed by atoms with Gasteiger partial charge in [0.05, 0.1) is 31.3 Å². The van der Waals surface area contributed by atoms with Gasteiger partial charge in [-0.25, -0.2) is 0 Å². The molecule has 1 aromatic heterocycles. The second-order valence-electron chi connectivity index (χ2n) is 6.45. The first-order valence-electron chi connectivity index (χ1n) is 8.66. The van der Waals surface area contributed by atoms with E-state index in [-0.39, 0.29) is 36.9 Å². The van der Waals surface area contributed by atoms with Gasteiger partial charge in [0, 0.05) is 17.1 Å². The number of methoxy groups -OCH3 is 1. The zero-order valence-corrected chi connectivity index (χ0v) is 15.0. The van der Waals surface area contributed by atoms with E-state index < -0.39 is 11.7 Å². The SMILES string of the molecule is COc1cccc2[nH]cc(CC(=O)N3CCOc4ccc(C(F)(F)F)cc43)c12. The van der Waals surface area contributed by atoms with E-state index in [0.29, 0.717) is 5.75 Å². The molecular weight excluding hydrogens is 373 g/mol. The maximum absolute atomic E-state index is 13.1. The highest BCUT2D eigenvalue weighted by Gasteiger charge is 2.33. The van der Waals surface area contributed by atoms with Gasteiger partial charge in [-0.05, 0) is 35.9 Å². The highest BCUT2D eigenvalue weighted by molar-refractivity contribution is 6.00. The van der Waals surface area contributed by atoms with E-state index >= 15 is 0 Å². The molecule has 28 heavy (non-hydrogen) atoms. The van der Waals surface area contributed by atoms with Crippen molar-refractivity contribution in [2.75, 3.05) is 25.2 Å². The van der Waals surface area contributed by atoms with Crippen LogP contribution in [0, 0.1) is 0 Å². The number of halogens is 3. The molecule has 0 saturated carbocycles. The Kier molecular flexibility index (Phi) is 4.41. The van der Waals surface area contributed by atoms with Crippen molar-refractivity contribution in [3.8, 4) is 11.5 Å². The first kappa shape index (κ1) is 18.2. The van der Waals surface area contributed by atoms with Gasteiger partial charge >= 0.3 is 6.18 Å². The van der Waals surface area contributed by atoms with Crippen LogP contribution in [0.2, 0.25) is 0 Å². The summed E-state index contributed by atoms with van der Waals surface area (Å²) in [7, 11) is 1.55. The molecule has 3 aromatic rings. The van der Waals surface area contributed by atoms with Gasteiger partial charge < -0.3 is 19.4 Å². The molecule has 0 fully saturated rings. The van der Waals surface area contributed by atoms with Crippen LogP contribution in [-0.4, -0.2) is 31.2 Å². The summed E-state index contributed by atoms with van der Waals surface area (Å²) in [4.78, 5) is 17.4. The maximum atomic E-state index is 13.1. The van der Waals surface area contributed by atoms with E-state index in [1.807, 2.05) is 12.1 Å². The Hall–Kier alpha value is -3.16. The third-order valence-corrected chi connectivity index (χ3v) is 4.76. The van der Waals surface area contributed by atoms with Crippen molar-refractivity contribution in [3.05, 3.63) is 53.7 Å². The van der Waals surface area contributed by atoms with Crippen LogP contribution in [0.1, 0.15) is 11.1 Å². The van der Waals surface area contributed by atoms with Crippen LogP contribution in [0.25, 0.3) is 10.9 Å². The van der Waals surface area contributed by atoms with Gasteiger partial charge in [-0.2, -0.15) is 13.2 Å². The first-order chi connectivity index (χ1) is 13.4. The highest BCUT2D eigenvalue weighted by Crippen LogP contribution is 2.39. The van der Waals surface area contributed by atoms with Crippen molar-refractivity contribution >= 4 is 22.5 Å². The Morgan fingerprint density at radius 1 is 1.29 bits per heavy atom. The molecule has 2 aromatic carbocycles. The molecule has 0 saturated heterocycles. The fourth-order valence-electron chi connectivity index (χ4n) is 3.44. The molecule has 0 bridgehead atoms. The predicted molar refractivity (Wildman–Crippen MR) is 97.8 cm³/mol. The lowest BCUT2D eigenvalue weighted by atomic mass is 10.1. The Balaban J connectivity index is 1.68. The molecule has 0 aliphatic carbocycles. The number of hydrogen-bond donors (Lipinski definition) is 1. The number of aromatic nitrogens is 1. The quantitative estimate of drug-likeness (QED) is 0.731. The number of hydrogen-bond acceptors (Lipinski definition) is 3. The number of alkyl halides is 3. The molecule has 1 amide bonds. The number of nitrogens with zero attached hydrogens (tertiary/aromatic N) is 1. The molecule has 1 aliphatic rings. The number of benzene rings is 2. The monoisotopic (exact) mass is 390 g/mol. The number of amides is 1. The molecule has 146 valence electrons. The van der Waals surface area contributed by atoms with Gasteiger partial charge in [0.2, 0.25) is 5.91 Å². The summed E-state index contributed by atoms with van der Waals surface area (Å²) >= 11 is 0. The van der Waals surface area contributed by atoms with E-state index in [2.05, 4.69) is 4.98 Å². The minimum Gasteiger partial charge on any atom is -0.496 e. The molecule has 0 unspecified atom stereocenters. The van der Waals surface area contributed by atoms with Crippen LogP contribution < -0.4 is 14.4 Å². The zero-order valence-electron chi connectivity index (χ0n) is 15.0. The van der Waals surface area contributed by atoms with Gasteiger partial charge in [-0.15, -0.1) is 0 Å². The molecule has 1 N–H and O–H groups in total. The molecular formula is C20H17F3N2O3. The third-order valence-electron chi connectivity index (χ3n) is 4.76. The molecule has 8 heteroatoms. The number of nitrogens with one attached hydrogen (secondary N) is 1. The fraction of sp³-hybridized carbons (Fsp3) is 0.250. The predicted octanol–water partition coefficient (Wildman–Crippen LogP) is 4.16. The van der Waals surface area contributed by atoms with Gasteiger partial charge in [0.1, 0.15) is 18.1 Å². The third kappa shape index (κ3) is 3.15. The molecule has 0 spiro atoms. The maximum Gasteiger partial charge on any atom is 0.416 e. The molecule has 5 nitrogen and oxygen atoms in total. The van der Waals surface area contributed by atoms with Crippen molar-refractivity contribution < 1.29 is 27.4 Å². The second kappa shape index (κ2) is 6.78. The lowest BCUT2D eigenvalue weighted by molar-refractivity contribution is -0.137. The summed E-state index contributed by atoms with van der Waals surface area (Å²) in [5.41, 5.74) is 0.863. The van der Waals surface area contributed by atoms with Gasteiger partial charge in [-0.3, -0.25) is 4.79 Å². The fourth-order valence-corrected chi connectivity index (χ4v) is 3.44. The summed E-state index contributed by atoms with van der Waals surface area (Å²) in [5.74, 6) is 0.586. The van der Waals surface area contributed by atoms with E-state index in [1.54, 1.807) is 19.4 Å². The number of anilines is 1. The number of H-pyrrole nitrogens is 1. The van der Waals surface area contributed by atoms with Crippen LogP contribution in [0.5, 0.6) is 11.5 Å². The first-order valence-corrected chi connectivity index (χ1v) is 8.66. The van der Waals surface area contributed by atoms with Crippen LogP contribution in [0.4, 0.5) is 18.9 Å². The van der Waals surface area contributed by atoms with Gasteiger partial charge in [0.25, 0.3) is 0 Å². The van der Waals surface area contributed by atoms with Crippen LogP contribution >= 0.6 is 0 Å². The van der Waals surface area contributed by atoms with Crippen molar-refractivity contribution in [1.29, 1.82) is 0 Å². The average molecular weight is 390 g/mol. The average Bonchev–Trinajstić information content (AvgIpc) is 3.09.